The lowest BCUT2D eigenvalue weighted by Gasteiger charge is -2.19. The number of alkyl carbamates (subject to hydrolysis) is 1. The highest BCUT2D eigenvalue weighted by atomic mass is 127. The Kier molecular flexibility index (Phi) is 5.65. The number of rotatable bonds is 3. The highest BCUT2D eigenvalue weighted by Gasteiger charge is 2.14. The summed E-state index contributed by atoms with van der Waals surface area (Å²) >= 11 is 2.26. The van der Waals surface area contributed by atoms with Crippen molar-refractivity contribution in [1.29, 1.82) is 0 Å². The fourth-order valence-electron chi connectivity index (χ4n) is 1.23. The Morgan fingerprint density at radius 2 is 1.94 bits per heavy atom. The maximum atomic E-state index is 11.3. The van der Waals surface area contributed by atoms with E-state index in [2.05, 4.69) is 27.9 Å². The molecule has 0 saturated heterocycles. The predicted molar refractivity (Wildman–Crippen MR) is 82.4 cm³/mol. The summed E-state index contributed by atoms with van der Waals surface area (Å²) < 4.78 is 6.33. The minimum absolute atomic E-state index is 0.394. The van der Waals surface area contributed by atoms with Crippen LogP contribution in [0, 0.1) is 3.57 Å². The number of amides is 1. The summed E-state index contributed by atoms with van der Waals surface area (Å²) in [6.45, 7) is 5.98. The van der Waals surface area contributed by atoms with E-state index >= 15 is 0 Å². The van der Waals surface area contributed by atoms with E-state index in [-0.39, 0.29) is 0 Å². The zero-order chi connectivity index (χ0) is 13.6. The van der Waals surface area contributed by atoms with Gasteiger partial charge in [-0.3, -0.25) is 0 Å². The normalized spacial score (nSPS) is 11.6. The lowest BCUT2D eigenvalue weighted by Crippen LogP contribution is -2.32. The van der Waals surface area contributed by atoms with Gasteiger partial charge in [-0.2, -0.15) is 0 Å². The minimum atomic E-state index is -0.454. The van der Waals surface area contributed by atoms with Gasteiger partial charge in [0.05, 0.1) is 0 Å². The van der Waals surface area contributed by atoms with E-state index < -0.39 is 11.7 Å². The molecule has 0 aromatic heterocycles. The van der Waals surface area contributed by atoms with Crippen molar-refractivity contribution in [3.63, 3.8) is 0 Å². The summed E-state index contributed by atoms with van der Waals surface area (Å²) in [4.78, 5) is 11.3. The van der Waals surface area contributed by atoms with Gasteiger partial charge in [0.1, 0.15) is 5.60 Å². The monoisotopic (exact) mass is 359 g/mol. The number of hydrogen-bond donors (Lipinski definition) is 1. The van der Waals surface area contributed by atoms with Crippen LogP contribution in [-0.4, -0.2) is 18.2 Å². The van der Waals surface area contributed by atoms with E-state index in [1.807, 2.05) is 57.2 Å². The summed E-state index contributed by atoms with van der Waals surface area (Å²) in [6.07, 6.45) is 3.47. The van der Waals surface area contributed by atoms with Gasteiger partial charge in [-0.15, -0.1) is 0 Å². The third-order valence-corrected chi connectivity index (χ3v) is 2.66. The first-order valence-corrected chi connectivity index (χ1v) is 6.84. The Morgan fingerprint density at radius 1 is 1.33 bits per heavy atom. The molecular weight excluding hydrogens is 341 g/mol. The number of halogens is 1. The molecular formula is C14H18INO2. The zero-order valence-corrected chi connectivity index (χ0v) is 13.0. The van der Waals surface area contributed by atoms with Crippen molar-refractivity contribution in [3.05, 3.63) is 39.5 Å². The average Bonchev–Trinajstić information content (AvgIpc) is 2.24. The van der Waals surface area contributed by atoms with Crippen molar-refractivity contribution in [2.75, 3.05) is 6.54 Å². The summed E-state index contributed by atoms with van der Waals surface area (Å²) in [5, 5.41) is 2.67. The van der Waals surface area contributed by atoms with Crippen molar-refractivity contribution in [1.82, 2.24) is 5.32 Å². The number of nitrogens with one attached hydrogen (secondary N) is 1. The molecule has 98 valence electrons. The fourth-order valence-corrected chi connectivity index (χ4v) is 1.58. The van der Waals surface area contributed by atoms with Gasteiger partial charge in [-0.25, -0.2) is 4.79 Å². The Morgan fingerprint density at radius 3 is 2.50 bits per heavy atom. The molecule has 0 fully saturated rings. The van der Waals surface area contributed by atoms with Gasteiger partial charge in [0.15, 0.2) is 0 Å². The molecule has 0 unspecified atom stereocenters. The Labute approximate surface area is 122 Å². The van der Waals surface area contributed by atoms with Crippen LogP contribution in [0.5, 0.6) is 0 Å². The second kappa shape index (κ2) is 6.78. The summed E-state index contributed by atoms with van der Waals surface area (Å²) in [5.74, 6) is 0. The first kappa shape index (κ1) is 15.0. The van der Waals surface area contributed by atoms with Crippen LogP contribution >= 0.6 is 22.6 Å². The Hall–Kier alpha value is -1.04. The summed E-state index contributed by atoms with van der Waals surface area (Å²) in [7, 11) is 0. The van der Waals surface area contributed by atoms with Gasteiger partial charge in [0.2, 0.25) is 0 Å². The van der Waals surface area contributed by atoms with Crippen molar-refractivity contribution < 1.29 is 9.53 Å². The van der Waals surface area contributed by atoms with Crippen molar-refractivity contribution in [2.24, 2.45) is 0 Å². The summed E-state index contributed by atoms with van der Waals surface area (Å²) in [6, 6.07) is 8.15. The Bertz CT molecular complexity index is 418. The maximum Gasteiger partial charge on any atom is 0.407 e. The lowest BCUT2D eigenvalue weighted by molar-refractivity contribution is 0.0534. The molecule has 0 aliphatic heterocycles. The topological polar surface area (TPSA) is 38.3 Å². The number of ether oxygens (including phenoxy) is 1. The van der Waals surface area contributed by atoms with Crippen LogP contribution < -0.4 is 5.32 Å². The molecule has 1 N–H and O–H groups in total. The minimum Gasteiger partial charge on any atom is -0.444 e. The zero-order valence-electron chi connectivity index (χ0n) is 10.9. The molecule has 3 nitrogen and oxygen atoms in total. The predicted octanol–water partition coefficient (Wildman–Crippen LogP) is 3.83. The molecule has 0 radical (unpaired) electrons. The molecule has 0 bridgehead atoms. The second-order valence-corrected chi connectivity index (χ2v) is 6.08. The van der Waals surface area contributed by atoms with Crippen LogP contribution in [0.2, 0.25) is 0 Å². The maximum absolute atomic E-state index is 11.3. The molecule has 0 heterocycles. The van der Waals surface area contributed by atoms with Crippen LogP contribution in [0.25, 0.3) is 6.08 Å². The molecule has 0 aliphatic rings. The van der Waals surface area contributed by atoms with Crippen LogP contribution in [0.4, 0.5) is 4.79 Å². The largest absolute Gasteiger partial charge is 0.444 e. The number of carbonyl (C=O) groups is 1. The molecule has 0 aliphatic carbocycles. The van der Waals surface area contributed by atoms with Crippen LogP contribution in [-0.2, 0) is 4.74 Å². The molecule has 18 heavy (non-hydrogen) atoms. The SMILES string of the molecule is CC(C)(C)OC(=O)NCC=Cc1ccc(I)cc1. The molecule has 0 saturated carbocycles. The highest BCUT2D eigenvalue weighted by molar-refractivity contribution is 14.1. The molecule has 1 amide bonds. The average molecular weight is 359 g/mol. The van der Waals surface area contributed by atoms with Crippen LogP contribution in [0.15, 0.2) is 30.3 Å². The van der Waals surface area contributed by atoms with Crippen molar-refractivity contribution in [3.8, 4) is 0 Å². The van der Waals surface area contributed by atoms with E-state index in [0.29, 0.717) is 6.54 Å². The van der Waals surface area contributed by atoms with Gasteiger partial charge in [0.25, 0.3) is 0 Å². The van der Waals surface area contributed by atoms with Crippen molar-refractivity contribution >= 4 is 34.8 Å². The first-order chi connectivity index (χ1) is 8.37. The Balaban J connectivity index is 2.33. The van der Waals surface area contributed by atoms with Gasteiger partial charge in [0, 0.05) is 10.1 Å². The lowest BCUT2D eigenvalue weighted by atomic mass is 10.2. The first-order valence-electron chi connectivity index (χ1n) is 5.76. The van der Waals surface area contributed by atoms with Gasteiger partial charge < -0.3 is 10.1 Å². The number of carbonyl (C=O) groups excluding carboxylic acids is 1. The molecule has 0 atom stereocenters. The van der Waals surface area contributed by atoms with E-state index in [1.54, 1.807) is 0 Å². The standard InChI is InChI=1S/C14H18INO2/c1-14(2,3)18-13(17)16-10-4-5-11-6-8-12(15)9-7-11/h4-9H,10H2,1-3H3,(H,16,17). The highest BCUT2D eigenvalue weighted by Crippen LogP contribution is 2.08. The van der Waals surface area contributed by atoms with E-state index in [9.17, 15) is 4.79 Å². The molecule has 1 rings (SSSR count). The van der Waals surface area contributed by atoms with E-state index in [0.717, 1.165) is 5.56 Å². The summed E-state index contributed by atoms with van der Waals surface area (Å²) in [5.41, 5.74) is 0.658. The molecule has 0 spiro atoms. The third kappa shape index (κ3) is 6.64. The van der Waals surface area contributed by atoms with Gasteiger partial charge in [-0.1, -0.05) is 24.3 Å². The van der Waals surface area contributed by atoms with Crippen LogP contribution in [0.1, 0.15) is 26.3 Å². The molecule has 1 aromatic carbocycles. The number of benzene rings is 1. The quantitative estimate of drug-likeness (QED) is 0.833. The molecule has 4 heteroatoms. The van der Waals surface area contributed by atoms with Crippen molar-refractivity contribution in [2.45, 2.75) is 26.4 Å². The fraction of sp³-hybridized carbons (Fsp3) is 0.357. The van der Waals surface area contributed by atoms with Crippen LogP contribution in [0.3, 0.4) is 0 Å². The van der Waals surface area contributed by atoms with E-state index in [4.69, 9.17) is 4.74 Å². The van der Waals surface area contributed by atoms with Gasteiger partial charge >= 0.3 is 6.09 Å². The van der Waals surface area contributed by atoms with Gasteiger partial charge in [-0.05, 0) is 61.1 Å². The third-order valence-electron chi connectivity index (χ3n) is 1.94. The van der Waals surface area contributed by atoms with E-state index in [1.165, 1.54) is 3.57 Å². The smallest absolute Gasteiger partial charge is 0.407 e. The molecule has 1 aromatic rings. The number of hydrogen-bond acceptors (Lipinski definition) is 2. The second-order valence-electron chi connectivity index (χ2n) is 4.84.